The van der Waals surface area contributed by atoms with Gasteiger partial charge in [0.2, 0.25) is 0 Å². The fourth-order valence-corrected chi connectivity index (χ4v) is 1.59. The third-order valence-corrected chi connectivity index (χ3v) is 2.40. The van der Waals surface area contributed by atoms with Crippen LogP contribution in [0.4, 0.5) is 10.2 Å². The summed E-state index contributed by atoms with van der Waals surface area (Å²) in [5.41, 5.74) is 0.585. The summed E-state index contributed by atoms with van der Waals surface area (Å²) < 4.78 is 13.7. The molecule has 0 aliphatic heterocycles. The van der Waals surface area contributed by atoms with Gasteiger partial charge in [-0.3, -0.25) is 4.79 Å². The molecule has 0 radical (unpaired) electrons. The summed E-state index contributed by atoms with van der Waals surface area (Å²) in [6, 6.07) is 6.62. The second-order valence-electron chi connectivity index (χ2n) is 3.48. The number of rotatable bonds is 3. The highest BCUT2D eigenvalue weighted by Crippen LogP contribution is 2.26. The van der Waals surface area contributed by atoms with Crippen molar-refractivity contribution >= 4 is 12.1 Å². The normalized spacial score (nSPS) is 10.1. The molecular formula is C12H7FN2O3. The van der Waals surface area contributed by atoms with E-state index in [9.17, 15) is 19.3 Å². The van der Waals surface area contributed by atoms with Crippen molar-refractivity contribution < 1.29 is 14.1 Å². The predicted molar refractivity (Wildman–Crippen MR) is 61.7 cm³/mol. The molecule has 5 nitrogen and oxygen atoms in total. The summed E-state index contributed by atoms with van der Waals surface area (Å²) in [6.45, 7) is 0. The predicted octanol–water partition coefficient (Wildman–Crippen LogP) is 2.61. The minimum absolute atomic E-state index is 0.0925. The van der Waals surface area contributed by atoms with Crippen molar-refractivity contribution in [2.24, 2.45) is 0 Å². The quantitative estimate of drug-likeness (QED) is 0.474. The third-order valence-electron chi connectivity index (χ3n) is 2.40. The number of nitro groups is 1. The van der Waals surface area contributed by atoms with Crippen molar-refractivity contribution in [3.63, 3.8) is 0 Å². The molecule has 0 saturated carbocycles. The second-order valence-corrected chi connectivity index (χ2v) is 3.48. The topological polar surface area (TPSA) is 73.1 Å². The largest absolute Gasteiger partial charge is 0.363 e. The number of aldehydes is 1. The van der Waals surface area contributed by atoms with Gasteiger partial charge in [0.25, 0.3) is 0 Å². The standard InChI is InChI=1S/C12H7FN2O3/c13-10-3-1-2-9(7-16)12(10)8-4-5-11(14-6-8)15(17)18/h1-7H. The minimum atomic E-state index is -0.647. The molecule has 1 aromatic heterocycles. The third kappa shape index (κ3) is 2.08. The molecule has 1 aromatic carbocycles. The van der Waals surface area contributed by atoms with Crippen LogP contribution < -0.4 is 0 Å². The first-order valence-corrected chi connectivity index (χ1v) is 4.98. The molecule has 18 heavy (non-hydrogen) atoms. The minimum Gasteiger partial charge on any atom is -0.358 e. The number of carbonyl (C=O) groups excluding carboxylic acids is 1. The number of halogens is 1. The summed E-state index contributed by atoms with van der Waals surface area (Å²) >= 11 is 0. The molecule has 2 rings (SSSR count). The molecule has 0 unspecified atom stereocenters. The summed E-state index contributed by atoms with van der Waals surface area (Å²) in [5.74, 6) is -0.905. The van der Waals surface area contributed by atoms with Crippen LogP contribution in [0.1, 0.15) is 10.4 Å². The SMILES string of the molecule is O=Cc1cccc(F)c1-c1ccc([N+](=O)[O-])nc1. The monoisotopic (exact) mass is 246 g/mol. The van der Waals surface area contributed by atoms with Gasteiger partial charge in [0.05, 0.1) is 0 Å². The van der Waals surface area contributed by atoms with Crippen LogP contribution in [-0.4, -0.2) is 16.2 Å². The Balaban J connectivity index is 2.55. The van der Waals surface area contributed by atoms with Crippen LogP contribution in [0.15, 0.2) is 36.5 Å². The molecule has 1 heterocycles. The summed E-state index contributed by atoms with van der Waals surface area (Å²) in [5, 5.41) is 10.5. The average Bonchev–Trinajstić information content (AvgIpc) is 2.38. The number of carbonyl (C=O) groups is 1. The van der Waals surface area contributed by atoms with Gasteiger partial charge in [-0.05, 0) is 22.0 Å². The van der Waals surface area contributed by atoms with E-state index in [1.165, 1.54) is 30.5 Å². The maximum absolute atomic E-state index is 13.7. The van der Waals surface area contributed by atoms with Gasteiger partial charge in [0.15, 0.2) is 6.29 Å². The summed E-state index contributed by atoms with van der Waals surface area (Å²) in [4.78, 5) is 24.2. The van der Waals surface area contributed by atoms with Crippen molar-refractivity contribution in [1.82, 2.24) is 4.98 Å². The van der Waals surface area contributed by atoms with Gasteiger partial charge >= 0.3 is 5.82 Å². The van der Waals surface area contributed by atoms with E-state index in [0.29, 0.717) is 11.8 Å². The Kier molecular flexibility index (Phi) is 3.09. The summed E-state index contributed by atoms with van der Waals surface area (Å²) in [7, 11) is 0. The zero-order valence-corrected chi connectivity index (χ0v) is 9.04. The molecule has 2 aromatic rings. The number of pyridine rings is 1. The van der Waals surface area contributed by atoms with Crippen molar-refractivity contribution in [3.8, 4) is 11.1 Å². The smallest absolute Gasteiger partial charge is 0.358 e. The Morgan fingerprint density at radius 2 is 2.06 bits per heavy atom. The Morgan fingerprint density at radius 1 is 1.28 bits per heavy atom. The molecule has 0 spiro atoms. The lowest BCUT2D eigenvalue weighted by molar-refractivity contribution is -0.389. The number of nitrogens with zero attached hydrogens (tertiary/aromatic N) is 2. The maximum Gasteiger partial charge on any atom is 0.363 e. The van der Waals surface area contributed by atoms with Gasteiger partial charge < -0.3 is 10.1 Å². The molecule has 0 amide bonds. The number of benzene rings is 1. The highest BCUT2D eigenvalue weighted by atomic mass is 19.1. The number of hydrogen-bond acceptors (Lipinski definition) is 4. The molecule has 0 bridgehead atoms. The lowest BCUT2D eigenvalue weighted by Crippen LogP contribution is -1.95. The van der Waals surface area contributed by atoms with Crippen LogP contribution in [-0.2, 0) is 0 Å². The van der Waals surface area contributed by atoms with Gasteiger partial charge in [-0.15, -0.1) is 0 Å². The van der Waals surface area contributed by atoms with E-state index in [1.54, 1.807) is 0 Å². The van der Waals surface area contributed by atoms with Crippen molar-refractivity contribution in [2.45, 2.75) is 0 Å². The van der Waals surface area contributed by atoms with Gasteiger partial charge in [-0.2, -0.15) is 0 Å². The fourth-order valence-electron chi connectivity index (χ4n) is 1.59. The first-order valence-electron chi connectivity index (χ1n) is 4.98. The highest BCUT2D eigenvalue weighted by molar-refractivity contribution is 5.87. The van der Waals surface area contributed by atoms with E-state index in [-0.39, 0.29) is 16.9 Å². The molecule has 0 aliphatic rings. The van der Waals surface area contributed by atoms with Crippen LogP contribution >= 0.6 is 0 Å². The zero-order valence-electron chi connectivity index (χ0n) is 9.04. The van der Waals surface area contributed by atoms with Gasteiger partial charge in [0.1, 0.15) is 12.0 Å². The van der Waals surface area contributed by atoms with Crippen LogP contribution in [0, 0.1) is 15.9 Å². The van der Waals surface area contributed by atoms with Gasteiger partial charge in [-0.1, -0.05) is 12.1 Å². The number of hydrogen-bond donors (Lipinski definition) is 0. The fraction of sp³-hybridized carbons (Fsp3) is 0. The molecule has 0 aliphatic carbocycles. The molecule has 0 saturated heterocycles. The molecule has 6 heteroatoms. The van der Waals surface area contributed by atoms with Crippen molar-refractivity contribution in [3.05, 3.63) is 58.0 Å². The lowest BCUT2D eigenvalue weighted by Gasteiger charge is -2.04. The Labute approximate surface area is 101 Å². The van der Waals surface area contributed by atoms with Crippen LogP contribution in [0.5, 0.6) is 0 Å². The molecule has 0 atom stereocenters. The van der Waals surface area contributed by atoms with E-state index in [0.717, 1.165) is 6.07 Å². The second kappa shape index (κ2) is 4.70. The highest BCUT2D eigenvalue weighted by Gasteiger charge is 2.14. The maximum atomic E-state index is 13.7. The molecule has 0 fully saturated rings. The van der Waals surface area contributed by atoms with Crippen LogP contribution in [0.25, 0.3) is 11.1 Å². The first kappa shape index (κ1) is 11.8. The van der Waals surface area contributed by atoms with Gasteiger partial charge in [-0.25, -0.2) is 4.39 Å². The van der Waals surface area contributed by atoms with Gasteiger partial charge in [0, 0.05) is 22.8 Å². The Morgan fingerprint density at radius 3 is 2.61 bits per heavy atom. The average molecular weight is 246 g/mol. The molecule has 0 N–H and O–H groups in total. The van der Waals surface area contributed by atoms with E-state index in [2.05, 4.69) is 4.98 Å². The number of aromatic nitrogens is 1. The van der Waals surface area contributed by atoms with Crippen molar-refractivity contribution in [1.29, 1.82) is 0 Å². The van der Waals surface area contributed by atoms with Crippen LogP contribution in [0.3, 0.4) is 0 Å². The summed E-state index contributed by atoms with van der Waals surface area (Å²) in [6.07, 6.45) is 1.70. The van der Waals surface area contributed by atoms with E-state index >= 15 is 0 Å². The van der Waals surface area contributed by atoms with Crippen LogP contribution in [0.2, 0.25) is 0 Å². The Bertz CT molecular complexity index is 611. The Hall–Kier alpha value is -2.63. The van der Waals surface area contributed by atoms with E-state index in [4.69, 9.17) is 0 Å². The first-order chi connectivity index (χ1) is 8.63. The van der Waals surface area contributed by atoms with Crippen molar-refractivity contribution in [2.75, 3.05) is 0 Å². The van der Waals surface area contributed by atoms with E-state index in [1.807, 2.05) is 0 Å². The lowest BCUT2D eigenvalue weighted by atomic mass is 10.0. The molecule has 90 valence electrons. The molecular weight excluding hydrogens is 239 g/mol. The van der Waals surface area contributed by atoms with E-state index < -0.39 is 10.7 Å². The zero-order chi connectivity index (χ0) is 13.1.